The summed E-state index contributed by atoms with van der Waals surface area (Å²) in [6, 6.07) is 72.6. The molecule has 3 aromatic heterocycles. The van der Waals surface area contributed by atoms with Crippen LogP contribution in [0.5, 0.6) is 0 Å². The average molecular weight is 727 g/mol. The lowest BCUT2D eigenvalue weighted by atomic mass is 9.98. The molecule has 0 unspecified atom stereocenters. The summed E-state index contributed by atoms with van der Waals surface area (Å²) in [7, 11) is 0. The minimum Gasteiger partial charge on any atom is -0.309 e. The molecule has 0 atom stereocenters. The van der Waals surface area contributed by atoms with Crippen LogP contribution in [0.1, 0.15) is 0 Å². The number of benzene rings is 8. The molecule has 0 saturated carbocycles. The number of para-hydroxylation sites is 2. The van der Waals surface area contributed by atoms with Crippen molar-refractivity contribution in [1.29, 1.82) is 0 Å². The second-order valence-corrected chi connectivity index (χ2v) is 14.4. The molecular formula is C53H34N4. The summed E-state index contributed by atoms with van der Waals surface area (Å²) >= 11 is 0. The zero-order valence-corrected chi connectivity index (χ0v) is 30.9. The van der Waals surface area contributed by atoms with Crippen molar-refractivity contribution in [1.82, 2.24) is 19.5 Å². The van der Waals surface area contributed by atoms with Crippen molar-refractivity contribution in [2.75, 3.05) is 0 Å². The smallest absolute Gasteiger partial charge is 0.160 e. The molecule has 0 radical (unpaired) electrons. The van der Waals surface area contributed by atoms with Crippen molar-refractivity contribution in [2.24, 2.45) is 0 Å². The maximum absolute atomic E-state index is 5.24. The Kier molecular flexibility index (Phi) is 7.78. The number of hydrogen-bond donors (Lipinski definition) is 0. The maximum Gasteiger partial charge on any atom is 0.160 e. The summed E-state index contributed by atoms with van der Waals surface area (Å²) in [5, 5.41) is 5.91. The van der Waals surface area contributed by atoms with Gasteiger partial charge in [0.1, 0.15) is 0 Å². The molecule has 0 amide bonds. The monoisotopic (exact) mass is 726 g/mol. The first-order valence-corrected chi connectivity index (χ1v) is 19.3. The molecule has 0 N–H and O–H groups in total. The molecule has 0 aliphatic rings. The Morgan fingerprint density at radius 1 is 0.298 bits per heavy atom. The molecule has 57 heavy (non-hydrogen) atoms. The van der Waals surface area contributed by atoms with E-state index in [1.165, 1.54) is 27.3 Å². The minimum atomic E-state index is 0.698. The first kappa shape index (κ1) is 32.7. The third kappa shape index (κ3) is 5.74. The van der Waals surface area contributed by atoms with Crippen molar-refractivity contribution in [3.8, 4) is 62.0 Å². The largest absolute Gasteiger partial charge is 0.309 e. The van der Waals surface area contributed by atoms with Crippen LogP contribution in [0.4, 0.5) is 0 Å². The summed E-state index contributed by atoms with van der Waals surface area (Å²) in [5.41, 5.74) is 13.6. The highest BCUT2D eigenvalue weighted by atomic mass is 15.0. The lowest BCUT2D eigenvalue weighted by Crippen LogP contribution is -1.97. The molecule has 0 aliphatic heterocycles. The highest BCUT2D eigenvalue weighted by Crippen LogP contribution is 2.40. The summed E-state index contributed by atoms with van der Waals surface area (Å²) in [6.45, 7) is 0. The van der Waals surface area contributed by atoms with Gasteiger partial charge in [-0.1, -0.05) is 164 Å². The Labute approximate surface area is 330 Å². The third-order valence-electron chi connectivity index (χ3n) is 11.0. The van der Waals surface area contributed by atoms with Gasteiger partial charge < -0.3 is 4.57 Å². The molecule has 0 spiro atoms. The van der Waals surface area contributed by atoms with Crippen LogP contribution >= 0.6 is 0 Å². The summed E-state index contributed by atoms with van der Waals surface area (Å²) in [5.74, 6) is 0.698. The van der Waals surface area contributed by atoms with Gasteiger partial charge in [0.25, 0.3) is 0 Å². The van der Waals surface area contributed by atoms with Gasteiger partial charge in [-0.3, -0.25) is 0 Å². The fourth-order valence-electron chi connectivity index (χ4n) is 8.21. The summed E-state index contributed by atoms with van der Waals surface area (Å²) in [6.07, 6.45) is 0. The Morgan fingerprint density at radius 2 is 0.825 bits per heavy atom. The van der Waals surface area contributed by atoms with Crippen LogP contribution in [0.3, 0.4) is 0 Å². The number of pyridine rings is 1. The first-order valence-electron chi connectivity index (χ1n) is 19.3. The van der Waals surface area contributed by atoms with E-state index in [4.69, 9.17) is 15.0 Å². The van der Waals surface area contributed by atoms with E-state index in [0.29, 0.717) is 5.82 Å². The second-order valence-electron chi connectivity index (χ2n) is 14.4. The van der Waals surface area contributed by atoms with E-state index in [1.807, 2.05) is 24.3 Å². The van der Waals surface area contributed by atoms with E-state index >= 15 is 0 Å². The number of fused-ring (bicyclic) bond motifs is 6. The van der Waals surface area contributed by atoms with Crippen molar-refractivity contribution in [3.63, 3.8) is 0 Å². The molecule has 0 bridgehead atoms. The Hall–Kier alpha value is -7.69. The van der Waals surface area contributed by atoms with E-state index in [-0.39, 0.29) is 0 Å². The number of hydrogen-bond acceptors (Lipinski definition) is 3. The molecule has 0 aliphatic carbocycles. The van der Waals surface area contributed by atoms with Crippen molar-refractivity contribution >= 4 is 43.5 Å². The highest BCUT2D eigenvalue weighted by Gasteiger charge is 2.18. The number of rotatable bonds is 6. The standard InChI is InChI=1S/C53H34N4/c1-4-14-35(15-5-1)36-24-26-37(27-25-36)48-34-49(56-53(55-48)40-18-8-3-9-19-40)38-28-30-41(31-29-38)57-50-23-13-11-21-43(50)45-32-44-42-20-10-12-22-47(42)54-52(46(44)33-51(45)57)39-16-6-2-7-17-39/h1-34H. The molecule has 3 heterocycles. The van der Waals surface area contributed by atoms with Crippen LogP contribution in [0, 0.1) is 0 Å². The summed E-state index contributed by atoms with van der Waals surface area (Å²) < 4.78 is 2.38. The predicted molar refractivity (Wildman–Crippen MR) is 236 cm³/mol. The summed E-state index contributed by atoms with van der Waals surface area (Å²) in [4.78, 5) is 15.4. The number of aromatic nitrogens is 4. The molecule has 11 aromatic rings. The zero-order chi connectivity index (χ0) is 37.7. The van der Waals surface area contributed by atoms with E-state index < -0.39 is 0 Å². The van der Waals surface area contributed by atoms with Crippen LogP contribution < -0.4 is 0 Å². The van der Waals surface area contributed by atoms with Gasteiger partial charge in [-0.05, 0) is 59.0 Å². The molecule has 8 aromatic carbocycles. The van der Waals surface area contributed by atoms with Crippen LogP contribution in [-0.4, -0.2) is 19.5 Å². The van der Waals surface area contributed by atoms with Crippen LogP contribution in [0.25, 0.3) is 105 Å². The third-order valence-corrected chi connectivity index (χ3v) is 11.0. The van der Waals surface area contributed by atoms with Gasteiger partial charge in [-0.25, -0.2) is 15.0 Å². The average Bonchev–Trinajstić information content (AvgIpc) is 3.62. The molecular weight excluding hydrogens is 693 g/mol. The molecule has 4 nitrogen and oxygen atoms in total. The zero-order valence-electron chi connectivity index (χ0n) is 30.9. The van der Waals surface area contributed by atoms with E-state index in [9.17, 15) is 0 Å². The minimum absolute atomic E-state index is 0.698. The number of nitrogens with zero attached hydrogens (tertiary/aromatic N) is 4. The quantitative estimate of drug-likeness (QED) is 0.160. The van der Waals surface area contributed by atoms with Gasteiger partial charge in [0.2, 0.25) is 0 Å². The van der Waals surface area contributed by atoms with E-state index in [1.54, 1.807) is 0 Å². The highest BCUT2D eigenvalue weighted by molar-refractivity contribution is 6.20. The topological polar surface area (TPSA) is 43.6 Å². The molecule has 4 heteroatoms. The fourth-order valence-corrected chi connectivity index (χ4v) is 8.21. The normalized spacial score (nSPS) is 11.5. The molecule has 266 valence electrons. The van der Waals surface area contributed by atoms with Gasteiger partial charge in [-0.2, -0.15) is 0 Å². The molecule has 0 saturated heterocycles. The SMILES string of the molecule is c1ccc(-c2ccc(-c3cc(-c4ccc(-n5c6ccccc6c6cc7c(cc65)c(-c5ccccc5)nc5ccccc57)cc4)nc(-c4ccccc4)n3)cc2)cc1. The van der Waals surface area contributed by atoms with E-state index in [2.05, 4.69) is 187 Å². The van der Waals surface area contributed by atoms with Crippen molar-refractivity contribution < 1.29 is 0 Å². The first-order chi connectivity index (χ1) is 28.2. The lowest BCUT2D eigenvalue weighted by molar-refractivity contribution is 1.17. The van der Waals surface area contributed by atoms with Gasteiger partial charge in [-0.15, -0.1) is 0 Å². The predicted octanol–water partition coefficient (Wildman–Crippen LogP) is 13.6. The van der Waals surface area contributed by atoms with Gasteiger partial charge in [0.05, 0.1) is 33.6 Å². The van der Waals surface area contributed by atoms with Crippen LogP contribution in [-0.2, 0) is 0 Å². The molecule has 11 rings (SSSR count). The van der Waals surface area contributed by atoms with Crippen molar-refractivity contribution in [2.45, 2.75) is 0 Å². The van der Waals surface area contributed by atoms with Crippen LogP contribution in [0.2, 0.25) is 0 Å². The Balaban J connectivity index is 1.06. The van der Waals surface area contributed by atoms with E-state index in [0.717, 1.165) is 72.3 Å². The van der Waals surface area contributed by atoms with Gasteiger partial charge in [0, 0.05) is 49.5 Å². The van der Waals surface area contributed by atoms with Gasteiger partial charge in [0.15, 0.2) is 5.82 Å². The van der Waals surface area contributed by atoms with Gasteiger partial charge >= 0.3 is 0 Å². The Morgan fingerprint density at radius 3 is 1.51 bits per heavy atom. The van der Waals surface area contributed by atoms with Crippen LogP contribution in [0.15, 0.2) is 206 Å². The maximum atomic E-state index is 5.24. The van der Waals surface area contributed by atoms with Crippen molar-refractivity contribution in [3.05, 3.63) is 206 Å². The second kappa shape index (κ2) is 13.6. The molecule has 0 fully saturated rings. The Bertz CT molecular complexity index is 3240. The lowest BCUT2D eigenvalue weighted by Gasteiger charge is -2.13. The fraction of sp³-hybridized carbons (Fsp3) is 0.